The molecule has 0 radical (unpaired) electrons. The van der Waals surface area contributed by atoms with Crippen LogP contribution in [0.25, 0.3) is 0 Å². The molecule has 5 heteroatoms. The third kappa shape index (κ3) is 8.38. The Morgan fingerprint density at radius 3 is 2.36 bits per heavy atom. The Balaban J connectivity index is 2.22. The van der Waals surface area contributed by atoms with Crippen molar-refractivity contribution in [1.82, 2.24) is 4.90 Å². The zero-order valence-electron chi connectivity index (χ0n) is 19.2. The molecule has 1 aromatic carbocycles. The fourth-order valence-corrected chi connectivity index (χ4v) is 7.79. The lowest BCUT2D eigenvalue weighted by Gasteiger charge is -2.42. The van der Waals surface area contributed by atoms with Gasteiger partial charge in [0.25, 0.3) is 0 Å². The van der Waals surface area contributed by atoms with Gasteiger partial charge in [-0.2, -0.15) is 11.2 Å². The average molecular weight is 436 g/mol. The lowest BCUT2D eigenvalue weighted by molar-refractivity contribution is 0.118. The molecule has 0 N–H and O–H groups in total. The highest BCUT2D eigenvalue weighted by molar-refractivity contribution is 8.28. The second kappa shape index (κ2) is 10.4. The summed E-state index contributed by atoms with van der Waals surface area (Å²) < 4.78 is 6.74. The maximum Gasteiger partial charge on any atom is 0.244 e. The number of hydrogen-bond acceptors (Lipinski definition) is 3. The molecule has 2 nitrogen and oxygen atoms in total. The predicted molar refractivity (Wildman–Crippen MR) is 132 cm³/mol. The molecule has 0 aromatic heterocycles. The van der Waals surface area contributed by atoms with Gasteiger partial charge in [0.1, 0.15) is 7.22 Å². The van der Waals surface area contributed by atoms with Crippen LogP contribution in [0.4, 0.5) is 0 Å². The molecule has 1 fully saturated rings. The first-order valence-electron chi connectivity index (χ1n) is 10.9. The molecule has 0 unspecified atom stereocenters. The van der Waals surface area contributed by atoms with Gasteiger partial charge in [0.15, 0.2) is 5.88 Å². The molecule has 0 spiro atoms. The second-order valence-corrected chi connectivity index (χ2v) is 23.9. The monoisotopic (exact) mass is 435 g/mol. The van der Waals surface area contributed by atoms with Crippen LogP contribution < -0.4 is 0 Å². The van der Waals surface area contributed by atoms with E-state index in [0.717, 1.165) is 13.0 Å². The van der Waals surface area contributed by atoms with Gasteiger partial charge >= 0.3 is 0 Å². The van der Waals surface area contributed by atoms with Crippen molar-refractivity contribution in [2.75, 3.05) is 12.3 Å². The normalized spacial score (nSPS) is 19.4. The van der Waals surface area contributed by atoms with Crippen molar-refractivity contribution in [2.24, 2.45) is 0 Å². The van der Waals surface area contributed by atoms with Gasteiger partial charge in [0, 0.05) is 12.6 Å². The number of nitrogens with zero attached hydrogens (tertiary/aromatic N) is 1. The van der Waals surface area contributed by atoms with Crippen LogP contribution in [0.2, 0.25) is 39.3 Å². The molecule has 1 aliphatic rings. The summed E-state index contributed by atoms with van der Waals surface area (Å²) in [5.74, 6) is 2.49. The first-order chi connectivity index (χ1) is 13.1. The van der Waals surface area contributed by atoms with Crippen molar-refractivity contribution >= 4 is 26.8 Å². The summed E-state index contributed by atoms with van der Waals surface area (Å²) in [6.07, 6.45) is 6.22. The number of likely N-dealkylation sites (tertiary alicyclic amines) is 1. The molecule has 1 saturated heterocycles. The van der Waals surface area contributed by atoms with Gasteiger partial charge in [-0.05, 0) is 75.6 Å². The topological polar surface area (TPSA) is 12.5 Å². The summed E-state index contributed by atoms with van der Waals surface area (Å²) in [5.41, 5.74) is 2.76. The largest absolute Gasteiger partial charge is 0.533 e. The molecule has 1 aliphatic heterocycles. The molecule has 0 bridgehead atoms. The van der Waals surface area contributed by atoms with Crippen LogP contribution in [0.1, 0.15) is 38.2 Å². The molecular formula is C23H41NOSSi2. The summed E-state index contributed by atoms with van der Waals surface area (Å²) in [4.78, 5) is 2.64. The SMILES string of the molecule is C/C(Cc1ccccc1)=C(\O[Si](C)(C)C)N1CCCC[C@H]1CCS[Si](C)(C)C. The van der Waals surface area contributed by atoms with E-state index in [1.807, 2.05) is 0 Å². The summed E-state index contributed by atoms with van der Waals surface area (Å²) >= 11 is 2.23. The van der Waals surface area contributed by atoms with E-state index in [9.17, 15) is 0 Å². The average Bonchev–Trinajstić information content (AvgIpc) is 2.59. The van der Waals surface area contributed by atoms with E-state index in [2.05, 4.69) is 92.6 Å². The highest BCUT2D eigenvalue weighted by Gasteiger charge is 2.30. The zero-order chi connectivity index (χ0) is 20.8. The standard InChI is InChI=1S/C23H41NOSSi2/c1-20(19-21-13-9-8-10-14-21)23(25-27(2,3)4)24-17-12-11-15-22(24)16-18-26-28(5,6)7/h8-10,13-14,22H,11-12,15-19H2,1-7H3/b23-20+/t22-/m0/s1. The maximum absolute atomic E-state index is 6.74. The Labute approximate surface area is 179 Å². The fraction of sp³-hybridized carbons (Fsp3) is 0.652. The Hall–Kier alpha value is -0.656. The smallest absolute Gasteiger partial charge is 0.244 e. The van der Waals surface area contributed by atoms with E-state index in [1.54, 1.807) is 0 Å². The summed E-state index contributed by atoms with van der Waals surface area (Å²) in [6, 6.07) is 11.5. The van der Waals surface area contributed by atoms with Crippen molar-refractivity contribution in [3.05, 3.63) is 47.4 Å². The van der Waals surface area contributed by atoms with Crippen LogP contribution in [0.5, 0.6) is 0 Å². The van der Waals surface area contributed by atoms with Gasteiger partial charge < -0.3 is 9.33 Å². The van der Waals surface area contributed by atoms with Crippen LogP contribution in [-0.2, 0) is 10.8 Å². The van der Waals surface area contributed by atoms with E-state index < -0.39 is 15.5 Å². The number of piperidine rings is 1. The lowest BCUT2D eigenvalue weighted by Crippen LogP contribution is -2.43. The number of rotatable bonds is 9. The molecule has 28 heavy (non-hydrogen) atoms. The van der Waals surface area contributed by atoms with E-state index >= 15 is 0 Å². The first kappa shape index (κ1) is 23.6. The van der Waals surface area contributed by atoms with Crippen LogP contribution in [0.15, 0.2) is 41.8 Å². The lowest BCUT2D eigenvalue weighted by atomic mass is 9.99. The third-order valence-electron chi connectivity index (χ3n) is 4.95. The predicted octanol–water partition coefficient (Wildman–Crippen LogP) is 7.12. The number of benzene rings is 1. The van der Waals surface area contributed by atoms with E-state index in [-0.39, 0.29) is 0 Å². The Kier molecular flexibility index (Phi) is 8.77. The minimum absolute atomic E-state index is 0.634. The highest BCUT2D eigenvalue weighted by atomic mass is 32.4. The minimum atomic E-state index is -1.67. The zero-order valence-corrected chi connectivity index (χ0v) is 22.0. The van der Waals surface area contributed by atoms with Crippen LogP contribution in [0.3, 0.4) is 0 Å². The van der Waals surface area contributed by atoms with Gasteiger partial charge in [-0.25, -0.2) is 0 Å². The molecular weight excluding hydrogens is 394 g/mol. The summed E-state index contributed by atoms with van der Waals surface area (Å²) in [6.45, 7) is 17.7. The molecule has 158 valence electrons. The molecule has 1 atom stereocenters. The Morgan fingerprint density at radius 1 is 1.07 bits per heavy atom. The quantitative estimate of drug-likeness (QED) is 0.302. The Bertz CT molecular complexity index is 634. The van der Waals surface area contributed by atoms with Gasteiger partial charge in [-0.15, -0.1) is 0 Å². The second-order valence-electron chi connectivity index (χ2n) is 10.1. The number of hydrogen-bond donors (Lipinski definition) is 0. The van der Waals surface area contributed by atoms with Crippen LogP contribution in [-0.4, -0.2) is 38.8 Å². The highest BCUT2D eigenvalue weighted by Crippen LogP contribution is 2.31. The van der Waals surface area contributed by atoms with Crippen molar-refractivity contribution in [3.8, 4) is 0 Å². The van der Waals surface area contributed by atoms with Crippen molar-refractivity contribution < 1.29 is 4.43 Å². The van der Waals surface area contributed by atoms with Crippen molar-refractivity contribution in [3.63, 3.8) is 0 Å². The fourth-order valence-electron chi connectivity index (χ4n) is 3.73. The first-order valence-corrected chi connectivity index (χ1v) is 19.5. The molecule has 2 rings (SSSR count). The molecule has 0 amide bonds. The number of allylic oxidation sites excluding steroid dienone is 1. The van der Waals surface area contributed by atoms with Crippen LogP contribution >= 0.6 is 11.2 Å². The molecule has 0 aliphatic carbocycles. The molecule has 1 heterocycles. The van der Waals surface area contributed by atoms with Crippen molar-refractivity contribution in [1.29, 1.82) is 0 Å². The van der Waals surface area contributed by atoms with Crippen LogP contribution in [0, 0.1) is 0 Å². The minimum Gasteiger partial charge on any atom is -0.533 e. The van der Waals surface area contributed by atoms with E-state index in [4.69, 9.17) is 4.43 Å². The van der Waals surface area contributed by atoms with Crippen molar-refractivity contribution in [2.45, 2.75) is 84.4 Å². The third-order valence-corrected chi connectivity index (χ3v) is 10.3. The maximum atomic E-state index is 6.74. The van der Waals surface area contributed by atoms with Gasteiger partial charge in [0.2, 0.25) is 8.32 Å². The van der Waals surface area contributed by atoms with Gasteiger partial charge in [-0.1, -0.05) is 50.0 Å². The molecule has 0 saturated carbocycles. The van der Waals surface area contributed by atoms with E-state index in [0.29, 0.717) is 6.04 Å². The summed E-state index contributed by atoms with van der Waals surface area (Å²) in [7, 11) is -2.71. The van der Waals surface area contributed by atoms with E-state index in [1.165, 1.54) is 48.5 Å². The molecule has 1 aromatic rings. The summed E-state index contributed by atoms with van der Waals surface area (Å²) in [5, 5.41) is 0. The van der Waals surface area contributed by atoms with Gasteiger partial charge in [0.05, 0.1) is 0 Å². The van der Waals surface area contributed by atoms with Gasteiger partial charge in [-0.3, -0.25) is 0 Å². The Morgan fingerprint density at radius 2 is 1.75 bits per heavy atom.